The lowest BCUT2D eigenvalue weighted by atomic mass is 10.1. The SMILES string of the molecule is Cc1ccc(S(=O)(=O)Nc2cc(C(=O)O)c(NS(=O)(=O)c3ccc(C)cc3)cc2C(=O)O)cc1. The summed E-state index contributed by atoms with van der Waals surface area (Å²) in [4.78, 5) is 23.3. The molecule has 0 atom stereocenters. The molecule has 4 N–H and O–H groups in total. The Labute approximate surface area is 196 Å². The van der Waals surface area contributed by atoms with Crippen molar-refractivity contribution in [2.45, 2.75) is 23.6 Å². The maximum absolute atomic E-state index is 12.7. The minimum Gasteiger partial charge on any atom is -0.478 e. The molecule has 0 heterocycles. The molecule has 0 aliphatic carbocycles. The van der Waals surface area contributed by atoms with Crippen molar-refractivity contribution in [2.75, 3.05) is 9.44 Å². The second-order valence-corrected chi connectivity index (χ2v) is 10.8. The molecule has 0 aromatic heterocycles. The van der Waals surface area contributed by atoms with Gasteiger partial charge in [0, 0.05) is 0 Å². The van der Waals surface area contributed by atoms with Crippen molar-refractivity contribution in [2.24, 2.45) is 0 Å². The Bertz CT molecular complexity index is 1360. The highest BCUT2D eigenvalue weighted by Gasteiger charge is 2.25. The van der Waals surface area contributed by atoms with E-state index in [1.54, 1.807) is 13.8 Å². The smallest absolute Gasteiger partial charge is 0.337 e. The van der Waals surface area contributed by atoms with Gasteiger partial charge in [0.1, 0.15) is 0 Å². The largest absolute Gasteiger partial charge is 0.478 e. The molecule has 34 heavy (non-hydrogen) atoms. The van der Waals surface area contributed by atoms with Crippen LogP contribution in [0.5, 0.6) is 0 Å². The number of aromatic carboxylic acids is 2. The molecule has 0 aliphatic rings. The molecule has 3 aromatic rings. The third-order valence-corrected chi connectivity index (χ3v) is 7.53. The minimum absolute atomic E-state index is 0.171. The number of aryl methyl sites for hydroxylation is 2. The van der Waals surface area contributed by atoms with Crippen LogP contribution in [0.2, 0.25) is 0 Å². The number of benzene rings is 3. The summed E-state index contributed by atoms with van der Waals surface area (Å²) in [6.07, 6.45) is 0. The lowest BCUT2D eigenvalue weighted by molar-refractivity contribution is 0.0683. The predicted octanol–water partition coefficient (Wildman–Crippen LogP) is 3.30. The maximum Gasteiger partial charge on any atom is 0.337 e. The maximum atomic E-state index is 12.7. The van der Waals surface area contributed by atoms with Crippen LogP contribution < -0.4 is 9.44 Å². The van der Waals surface area contributed by atoms with Crippen LogP contribution in [0.1, 0.15) is 31.8 Å². The molecule has 0 spiro atoms. The van der Waals surface area contributed by atoms with Crippen LogP contribution in [0.15, 0.2) is 70.5 Å². The lowest BCUT2D eigenvalue weighted by Crippen LogP contribution is -2.19. The summed E-state index contributed by atoms with van der Waals surface area (Å²) in [5, 5.41) is 19.2. The van der Waals surface area contributed by atoms with Gasteiger partial charge in [-0.25, -0.2) is 26.4 Å². The zero-order chi connectivity index (χ0) is 25.3. The first-order valence-electron chi connectivity index (χ1n) is 9.64. The molecule has 0 fully saturated rings. The van der Waals surface area contributed by atoms with Crippen molar-refractivity contribution >= 4 is 43.4 Å². The van der Waals surface area contributed by atoms with Gasteiger partial charge in [-0.1, -0.05) is 35.4 Å². The highest BCUT2D eigenvalue weighted by molar-refractivity contribution is 7.93. The summed E-state index contributed by atoms with van der Waals surface area (Å²) < 4.78 is 55.1. The highest BCUT2D eigenvalue weighted by atomic mass is 32.2. The molecule has 3 aromatic carbocycles. The fourth-order valence-corrected chi connectivity index (χ4v) is 5.11. The molecule has 0 radical (unpaired) electrons. The Morgan fingerprint density at radius 2 is 0.912 bits per heavy atom. The van der Waals surface area contributed by atoms with Crippen LogP contribution >= 0.6 is 0 Å². The van der Waals surface area contributed by atoms with E-state index in [-0.39, 0.29) is 9.79 Å². The number of carboxylic acids is 2. The molecule has 10 nitrogen and oxygen atoms in total. The fraction of sp³-hybridized carbons (Fsp3) is 0.0909. The molecular weight excluding hydrogens is 484 g/mol. The van der Waals surface area contributed by atoms with E-state index < -0.39 is 54.5 Å². The van der Waals surface area contributed by atoms with E-state index in [4.69, 9.17) is 0 Å². The van der Waals surface area contributed by atoms with Crippen molar-refractivity contribution in [1.29, 1.82) is 0 Å². The van der Waals surface area contributed by atoms with Gasteiger partial charge in [-0.05, 0) is 50.2 Å². The first-order chi connectivity index (χ1) is 15.8. The van der Waals surface area contributed by atoms with Gasteiger partial charge in [0.05, 0.1) is 32.3 Å². The molecule has 0 bridgehead atoms. The first-order valence-corrected chi connectivity index (χ1v) is 12.6. The number of carbonyl (C=O) groups is 2. The zero-order valence-corrected chi connectivity index (χ0v) is 19.6. The second-order valence-electron chi connectivity index (χ2n) is 7.39. The average Bonchev–Trinajstić information content (AvgIpc) is 2.74. The van der Waals surface area contributed by atoms with E-state index in [2.05, 4.69) is 9.44 Å². The van der Waals surface area contributed by atoms with E-state index in [9.17, 15) is 36.6 Å². The summed E-state index contributed by atoms with van der Waals surface area (Å²) in [6.45, 7) is 3.50. The standard InChI is InChI=1S/C22H20N2O8S2/c1-13-3-7-15(8-4-13)33(29,30)23-19-11-18(22(27)28)20(12-17(19)21(25)26)24-34(31,32)16-9-5-14(2)6-10-16/h3-12,23-24H,1-2H3,(H,25,26)(H,27,28). The van der Waals surface area contributed by atoms with Crippen LogP contribution in [0.25, 0.3) is 0 Å². The topological polar surface area (TPSA) is 167 Å². The third-order valence-electron chi connectivity index (χ3n) is 4.77. The molecule has 0 unspecified atom stereocenters. The van der Waals surface area contributed by atoms with Crippen molar-refractivity contribution in [3.05, 3.63) is 82.9 Å². The Morgan fingerprint density at radius 3 is 1.18 bits per heavy atom. The number of carboxylic acid groups (broad SMARTS) is 2. The van der Waals surface area contributed by atoms with Crippen LogP contribution in [0.4, 0.5) is 11.4 Å². The normalized spacial score (nSPS) is 11.6. The van der Waals surface area contributed by atoms with E-state index in [0.29, 0.717) is 0 Å². The first kappa shape index (κ1) is 24.7. The summed E-state index contributed by atoms with van der Waals surface area (Å²) in [6, 6.07) is 12.9. The molecule has 0 saturated carbocycles. The number of sulfonamides is 2. The molecule has 0 saturated heterocycles. The van der Waals surface area contributed by atoms with Gasteiger partial charge in [0.2, 0.25) is 0 Å². The lowest BCUT2D eigenvalue weighted by Gasteiger charge is -2.16. The Hall–Kier alpha value is -3.90. The van der Waals surface area contributed by atoms with Gasteiger partial charge in [0.15, 0.2) is 0 Å². The van der Waals surface area contributed by atoms with Crippen LogP contribution in [-0.4, -0.2) is 39.0 Å². The second kappa shape index (κ2) is 9.15. The predicted molar refractivity (Wildman–Crippen MR) is 124 cm³/mol. The summed E-state index contributed by atoms with van der Waals surface area (Å²) >= 11 is 0. The quantitative estimate of drug-likeness (QED) is 0.362. The van der Waals surface area contributed by atoms with Gasteiger partial charge in [0.25, 0.3) is 20.0 Å². The molecule has 178 valence electrons. The summed E-state index contributed by atoms with van der Waals surface area (Å²) in [7, 11) is -8.54. The number of nitrogens with one attached hydrogen (secondary N) is 2. The van der Waals surface area contributed by atoms with E-state index >= 15 is 0 Å². The number of hydrogen-bond donors (Lipinski definition) is 4. The zero-order valence-electron chi connectivity index (χ0n) is 17.9. The molecule has 0 amide bonds. The number of rotatable bonds is 8. The van der Waals surface area contributed by atoms with E-state index in [0.717, 1.165) is 23.3 Å². The van der Waals surface area contributed by atoms with Crippen molar-refractivity contribution in [1.82, 2.24) is 0 Å². The fourth-order valence-electron chi connectivity index (χ4n) is 2.96. The molecule has 12 heteroatoms. The highest BCUT2D eigenvalue weighted by Crippen LogP contribution is 2.30. The summed E-state index contributed by atoms with van der Waals surface area (Å²) in [5.41, 5.74) is -0.788. The van der Waals surface area contributed by atoms with Crippen molar-refractivity contribution in [3.63, 3.8) is 0 Å². The van der Waals surface area contributed by atoms with Crippen LogP contribution in [0, 0.1) is 13.8 Å². The Morgan fingerprint density at radius 1 is 0.618 bits per heavy atom. The van der Waals surface area contributed by atoms with Crippen LogP contribution in [-0.2, 0) is 20.0 Å². The Balaban J connectivity index is 2.09. The monoisotopic (exact) mass is 504 g/mol. The van der Waals surface area contributed by atoms with Crippen LogP contribution in [0.3, 0.4) is 0 Å². The minimum atomic E-state index is -4.27. The summed E-state index contributed by atoms with van der Waals surface area (Å²) in [5.74, 6) is -3.20. The van der Waals surface area contributed by atoms with Gasteiger partial charge in [-0.2, -0.15) is 0 Å². The number of hydrogen-bond acceptors (Lipinski definition) is 6. The van der Waals surface area contributed by atoms with Gasteiger partial charge >= 0.3 is 11.9 Å². The molecule has 0 aliphatic heterocycles. The number of anilines is 2. The third kappa shape index (κ3) is 5.35. The van der Waals surface area contributed by atoms with Gasteiger partial charge in [-0.3, -0.25) is 9.44 Å². The van der Waals surface area contributed by atoms with Crippen molar-refractivity contribution in [3.8, 4) is 0 Å². The van der Waals surface area contributed by atoms with E-state index in [1.165, 1.54) is 48.5 Å². The van der Waals surface area contributed by atoms with E-state index in [1.807, 2.05) is 0 Å². The average molecular weight is 505 g/mol. The Kier molecular flexibility index (Phi) is 6.66. The van der Waals surface area contributed by atoms with Gasteiger partial charge < -0.3 is 10.2 Å². The molecular formula is C22H20N2O8S2. The van der Waals surface area contributed by atoms with Gasteiger partial charge in [-0.15, -0.1) is 0 Å². The molecule has 3 rings (SSSR count). The van der Waals surface area contributed by atoms with Crippen molar-refractivity contribution < 1.29 is 36.6 Å².